The number of para-hydroxylation sites is 1. The van der Waals surface area contributed by atoms with Crippen molar-refractivity contribution in [2.45, 2.75) is 18.0 Å². The molecule has 0 bridgehead atoms. The van der Waals surface area contributed by atoms with E-state index < -0.39 is 10.0 Å². The van der Waals surface area contributed by atoms with Gasteiger partial charge in [-0.05, 0) is 23.3 Å². The molecule has 0 fully saturated rings. The van der Waals surface area contributed by atoms with Gasteiger partial charge in [0.25, 0.3) is 0 Å². The Hall–Kier alpha value is -2.05. The van der Waals surface area contributed by atoms with Gasteiger partial charge >= 0.3 is 0 Å². The quantitative estimate of drug-likeness (QED) is 0.819. The summed E-state index contributed by atoms with van der Waals surface area (Å²) in [5.74, 6) is 0. The summed E-state index contributed by atoms with van der Waals surface area (Å²) in [4.78, 5) is 2.03. The molecule has 0 amide bonds. The van der Waals surface area contributed by atoms with Crippen molar-refractivity contribution in [2.24, 2.45) is 5.14 Å². The second kappa shape index (κ2) is 4.50. The SMILES string of the molecule is Nc1c(N2Cc3ccccc3C2)cccc1S(N)(=O)=O. The van der Waals surface area contributed by atoms with Crippen LogP contribution in [0.5, 0.6) is 0 Å². The van der Waals surface area contributed by atoms with Crippen LogP contribution in [0.1, 0.15) is 11.1 Å². The normalized spacial score (nSPS) is 14.3. The molecule has 2 aromatic carbocycles. The smallest absolute Gasteiger partial charge is 0.240 e. The Labute approximate surface area is 117 Å². The third-order valence-corrected chi connectivity index (χ3v) is 4.50. The van der Waals surface area contributed by atoms with Crippen molar-refractivity contribution in [3.8, 4) is 0 Å². The van der Waals surface area contributed by atoms with Crippen LogP contribution in [0.3, 0.4) is 0 Å². The molecule has 3 rings (SSSR count). The van der Waals surface area contributed by atoms with Crippen LogP contribution < -0.4 is 15.8 Å². The van der Waals surface area contributed by atoms with Crippen molar-refractivity contribution < 1.29 is 8.42 Å². The number of rotatable bonds is 2. The van der Waals surface area contributed by atoms with Crippen molar-refractivity contribution in [3.05, 3.63) is 53.6 Å². The van der Waals surface area contributed by atoms with Crippen LogP contribution in [0, 0.1) is 0 Å². The Morgan fingerprint density at radius 2 is 1.55 bits per heavy atom. The lowest BCUT2D eigenvalue weighted by Crippen LogP contribution is -2.19. The zero-order valence-corrected chi connectivity index (χ0v) is 11.6. The predicted octanol–water partition coefficient (Wildman–Crippen LogP) is 1.44. The molecule has 1 heterocycles. The number of benzene rings is 2. The molecule has 0 saturated heterocycles. The molecule has 0 saturated carbocycles. The number of anilines is 2. The van der Waals surface area contributed by atoms with E-state index in [1.54, 1.807) is 6.07 Å². The van der Waals surface area contributed by atoms with Gasteiger partial charge in [-0.3, -0.25) is 0 Å². The maximum absolute atomic E-state index is 11.5. The zero-order valence-electron chi connectivity index (χ0n) is 10.8. The summed E-state index contributed by atoms with van der Waals surface area (Å²) in [6, 6.07) is 13.0. The molecule has 4 N–H and O–H groups in total. The van der Waals surface area contributed by atoms with Crippen LogP contribution in [0.25, 0.3) is 0 Å². The van der Waals surface area contributed by atoms with E-state index in [4.69, 9.17) is 10.9 Å². The molecule has 0 spiro atoms. The lowest BCUT2D eigenvalue weighted by molar-refractivity contribution is 0.598. The molecule has 6 heteroatoms. The van der Waals surface area contributed by atoms with Crippen LogP contribution in [0.15, 0.2) is 47.4 Å². The van der Waals surface area contributed by atoms with Crippen molar-refractivity contribution in [1.29, 1.82) is 0 Å². The van der Waals surface area contributed by atoms with Crippen LogP contribution in [-0.4, -0.2) is 8.42 Å². The van der Waals surface area contributed by atoms with Gasteiger partial charge in [-0.1, -0.05) is 30.3 Å². The van der Waals surface area contributed by atoms with Crippen LogP contribution >= 0.6 is 0 Å². The molecule has 0 aromatic heterocycles. The average molecular weight is 289 g/mol. The summed E-state index contributed by atoms with van der Waals surface area (Å²) in [7, 11) is -3.80. The highest BCUT2D eigenvalue weighted by molar-refractivity contribution is 7.89. The lowest BCUT2D eigenvalue weighted by atomic mass is 10.1. The monoisotopic (exact) mass is 289 g/mol. The van der Waals surface area contributed by atoms with E-state index >= 15 is 0 Å². The first-order valence-electron chi connectivity index (χ1n) is 6.20. The van der Waals surface area contributed by atoms with Crippen molar-refractivity contribution >= 4 is 21.4 Å². The number of nitrogens with zero attached hydrogens (tertiary/aromatic N) is 1. The van der Waals surface area contributed by atoms with E-state index in [0.29, 0.717) is 18.8 Å². The maximum Gasteiger partial charge on any atom is 0.240 e. The van der Waals surface area contributed by atoms with Crippen molar-refractivity contribution in [2.75, 3.05) is 10.6 Å². The predicted molar refractivity (Wildman–Crippen MR) is 78.6 cm³/mol. The van der Waals surface area contributed by atoms with E-state index in [2.05, 4.69) is 17.0 Å². The number of nitrogen functional groups attached to an aromatic ring is 1. The fraction of sp³-hybridized carbons (Fsp3) is 0.143. The van der Waals surface area contributed by atoms with E-state index in [1.165, 1.54) is 17.2 Å². The van der Waals surface area contributed by atoms with Gasteiger partial charge in [0.2, 0.25) is 10.0 Å². The Kier molecular flexibility index (Phi) is 2.92. The fourth-order valence-electron chi connectivity index (χ4n) is 2.56. The van der Waals surface area contributed by atoms with Gasteiger partial charge in [0.1, 0.15) is 4.90 Å². The highest BCUT2D eigenvalue weighted by Gasteiger charge is 2.23. The lowest BCUT2D eigenvalue weighted by Gasteiger charge is -2.21. The van der Waals surface area contributed by atoms with Crippen LogP contribution in [0.2, 0.25) is 0 Å². The summed E-state index contributed by atoms with van der Waals surface area (Å²) in [5.41, 5.74) is 9.35. The van der Waals surface area contributed by atoms with Gasteiger partial charge in [-0.2, -0.15) is 0 Å². The van der Waals surface area contributed by atoms with Crippen molar-refractivity contribution in [1.82, 2.24) is 0 Å². The van der Waals surface area contributed by atoms with Crippen molar-refractivity contribution in [3.63, 3.8) is 0 Å². The van der Waals surface area contributed by atoms with Gasteiger partial charge in [0.15, 0.2) is 0 Å². The number of sulfonamides is 1. The van der Waals surface area contributed by atoms with Gasteiger partial charge in [-0.25, -0.2) is 13.6 Å². The van der Waals surface area contributed by atoms with Gasteiger partial charge in [0.05, 0.1) is 11.4 Å². The number of hydrogen-bond donors (Lipinski definition) is 2. The summed E-state index contributed by atoms with van der Waals surface area (Å²) in [5, 5.41) is 5.18. The highest BCUT2D eigenvalue weighted by atomic mass is 32.2. The Morgan fingerprint density at radius 1 is 0.950 bits per heavy atom. The summed E-state index contributed by atoms with van der Waals surface area (Å²) < 4.78 is 23.0. The molecule has 20 heavy (non-hydrogen) atoms. The highest BCUT2D eigenvalue weighted by Crippen LogP contribution is 2.34. The van der Waals surface area contributed by atoms with Gasteiger partial charge < -0.3 is 10.6 Å². The molecule has 0 unspecified atom stereocenters. The van der Waals surface area contributed by atoms with Crippen LogP contribution in [-0.2, 0) is 23.1 Å². The minimum absolute atomic E-state index is 0.0223. The molecule has 0 atom stereocenters. The molecule has 2 aromatic rings. The molecule has 1 aliphatic rings. The summed E-state index contributed by atoms with van der Waals surface area (Å²) in [6.07, 6.45) is 0. The largest absolute Gasteiger partial charge is 0.396 e. The average Bonchev–Trinajstić information content (AvgIpc) is 2.81. The molecule has 0 aliphatic carbocycles. The number of fused-ring (bicyclic) bond motifs is 1. The molecular weight excluding hydrogens is 274 g/mol. The molecule has 5 nitrogen and oxygen atoms in total. The first-order valence-corrected chi connectivity index (χ1v) is 7.74. The first kappa shape index (κ1) is 13.0. The van der Waals surface area contributed by atoms with Gasteiger partial charge in [0, 0.05) is 13.1 Å². The standard InChI is InChI=1S/C14H15N3O2S/c15-14-12(6-3-7-13(14)20(16,18)19)17-8-10-4-1-2-5-11(10)9-17/h1-7H,8-9,15H2,(H2,16,18,19). The Bertz CT molecular complexity index is 747. The van der Waals surface area contributed by atoms with E-state index in [-0.39, 0.29) is 10.6 Å². The minimum Gasteiger partial charge on any atom is -0.396 e. The summed E-state index contributed by atoms with van der Waals surface area (Å²) >= 11 is 0. The topological polar surface area (TPSA) is 89.4 Å². The fourth-order valence-corrected chi connectivity index (χ4v) is 3.24. The Balaban J connectivity index is 2.02. The molecule has 1 aliphatic heterocycles. The maximum atomic E-state index is 11.5. The number of nitrogens with two attached hydrogens (primary N) is 2. The number of primary sulfonamides is 1. The van der Waals surface area contributed by atoms with E-state index in [0.717, 1.165) is 0 Å². The van der Waals surface area contributed by atoms with E-state index in [9.17, 15) is 8.42 Å². The van der Waals surface area contributed by atoms with E-state index in [1.807, 2.05) is 18.2 Å². The molecule has 0 radical (unpaired) electrons. The second-order valence-corrected chi connectivity index (χ2v) is 6.39. The number of hydrogen-bond acceptors (Lipinski definition) is 4. The third-order valence-electron chi connectivity index (χ3n) is 3.53. The minimum atomic E-state index is -3.80. The summed E-state index contributed by atoms with van der Waals surface area (Å²) in [6.45, 7) is 1.43. The molecular formula is C14H15N3O2S. The first-order chi connectivity index (χ1) is 9.47. The Morgan fingerprint density at radius 3 is 2.10 bits per heavy atom. The zero-order chi connectivity index (χ0) is 14.3. The third kappa shape index (κ3) is 2.13. The van der Waals surface area contributed by atoms with Crippen LogP contribution in [0.4, 0.5) is 11.4 Å². The second-order valence-electron chi connectivity index (χ2n) is 4.86. The van der Waals surface area contributed by atoms with Gasteiger partial charge in [-0.15, -0.1) is 0 Å². The molecule has 104 valence electrons.